The Bertz CT molecular complexity index is 1010. The Morgan fingerprint density at radius 3 is 2.48 bits per heavy atom. The van der Waals surface area contributed by atoms with Crippen LogP contribution in [0.4, 0.5) is 0 Å². The molecule has 0 aliphatic rings. The summed E-state index contributed by atoms with van der Waals surface area (Å²) in [6.07, 6.45) is 0.870. The number of aromatic nitrogens is 2. The fourth-order valence-electron chi connectivity index (χ4n) is 2.83. The van der Waals surface area contributed by atoms with Crippen LogP contribution in [0.25, 0.3) is 10.9 Å². The number of nitrogens with zero attached hydrogens (tertiary/aromatic N) is 3. The smallest absolute Gasteiger partial charge is 0.262 e. The Morgan fingerprint density at radius 2 is 1.81 bits per heavy atom. The third-order valence-electron chi connectivity index (χ3n) is 4.25. The minimum atomic E-state index is -0.0119. The van der Waals surface area contributed by atoms with Crippen molar-refractivity contribution in [1.82, 2.24) is 14.5 Å². The van der Waals surface area contributed by atoms with Gasteiger partial charge in [0.25, 0.3) is 11.5 Å². The highest BCUT2D eigenvalue weighted by Gasteiger charge is 2.12. The molecule has 0 saturated heterocycles. The summed E-state index contributed by atoms with van der Waals surface area (Å²) in [7, 11) is 3.48. The molecule has 0 atom stereocenters. The van der Waals surface area contributed by atoms with E-state index in [-0.39, 0.29) is 11.5 Å². The van der Waals surface area contributed by atoms with E-state index in [4.69, 9.17) is 4.98 Å². The van der Waals surface area contributed by atoms with Gasteiger partial charge in [-0.3, -0.25) is 14.2 Å². The maximum atomic E-state index is 12.8. The largest absolute Gasteiger partial charge is 0.345 e. The van der Waals surface area contributed by atoms with Gasteiger partial charge in [0.05, 0.1) is 10.9 Å². The minimum absolute atomic E-state index is 0.0110. The lowest BCUT2D eigenvalue weighted by atomic mass is 10.1. The van der Waals surface area contributed by atoms with Gasteiger partial charge in [-0.2, -0.15) is 0 Å². The number of rotatable bonds is 6. The van der Waals surface area contributed by atoms with E-state index in [1.807, 2.05) is 48.5 Å². The second-order valence-electron chi connectivity index (χ2n) is 6.55. The van der Waals surface area contributed by atoms with Crippen molar-refractivity contribution in [3.05, 3.63) is 70.0 Å². The minimum Gasteiger partial charge on any atom is -0.345 e. The second-order valence-corrected chi connectivity index (χ2v) is 7.50. The standard InChI is InChI=1S/C21H23N3O2S/c1-4-13-24-20(26)17-7-5-6-8-18(17)22-21(24)27-14-15-9-11-16(12-10-15)19(25)23(2)3/h5-12H,4,13-14H2,1-3H3. The van der Waals surface area contributed by atoms with Crippen molar-refractivity contribution in [2.75, 3.05) is 14.1 Å². The van der Waals surface area contributed by atoms with Crippen LogP contribution in [0.3, 0.4) is 0 Å². The van der Waals surface area contributed by atoms with Crippen LogP contribution < -0.4 is 5.56 Å². The number of carbonyl (C=O) groups is 1. The van der Waals surface area contributed by atoms with E-state index in [2.05, 4.69) is 6.92 Å². The highest BCUT2D eigenvalue weighted by Crippen LogP contribution is 2.22. The molecular weight excluding hydrogens is 358 g/mol. The molecule has 1 aromatic heterocycles. The molecule has 3 rings (SSSR count). The Hall–Kier alpha value is -2.60. The SMILES string of the molecule is CCCn1c(SCc2ccc(C(=O)N(C)C)cc2)nc2ccccc2c1=O. The number of fused-ring (bicyclic) bond motifs is 1. The van der Waals surface area contributed by atoms with Crippen LogP contribution in [0.1, 0.15) is 29.3 Å². The Kier molecular flexibility index (Phi) is 5.96. The van der Waals surface area contributed by atoms with Gasteiger partial charge in [-0.05, 0) is 36.2 Å². The topological polar surface area (TPSA) is 55.2 Å². The number of benzene rings is 2. The molecule has 0 aliphatic heterocycles. The molecule has 1 amide bonds. The Labute approximate surface area is 163 Å². The summed E-state index contributed by atoms with van der Waals surface area (Å²) < 4.78 is 1.76. The first kappa shape index (κ1) is 19.2. The maximum Gasteiger partial charge on any atom is 0.262 e. The average molecular weight is 382 g/mol. The van der Waals surface area contributed by atoms with Crippen molar-refractivity contribution >= 4 is 28.6 Å². The molecule has 1 heterocycles. The van der Waals surface area contributed by atoms with Gasteiger partial charge in [0.2, 0.25) is 0 Å². The summed E-state index contributed by atoms with van der Waals surface area (Å²) in [5.74, 6) is 0.674. The highest BCUT2D eigenvalue weighted by molar-refractivity contribution is 7.98. The van der Waals surface area contributed by atoms with Gasteiger partial charge in [0.15, 0.2) is 5.16 Å². The number of thioether (sulfide) groups is 1. The van der Waals surface area contributed by atoms with Crippen LogP contribution >= 0.6 is 11.8 Å². The molecule has 0 unspecified atom stereocenters. The molecule has 0 fully saturated rings. The van der Waals surface area contributed by atoms with Gasteiger partial charge < -0.3 is 4.90 Å². The summed E-state index contributed by atoms with van der Waals surface area (Å²) in [5, 5.41) is 1.39. The van der Waals surface area contributed by atoms with E-state index >= 15 is 0 Å². The molecule has 0 N–H and O–H groups in total. The lowest BCUT2D eigenvalue weighted by molar-refractivity contribution is 0.0827. The lowest BCUT2D eigenvalue weighted by Crippen LogP contribution is -2.23. The van der Waals surface area contributed by atoms with Crippen LogP contribution in [0.15, 0.2) is 58.5 Å². The average Bonchev–Trinajstić information content (AvgIpc) is 2.68. The molecule has 2 aromatic carbocycles. The fourth-order valence-corrected chi connectivity index (χ4v) is 3.81. The molecule has 27 heavy (non-hydrogen) atoms. The van der Waals surface area contributed by atoms with Crippen LogP contribution in [-0.2, 0) is 12.3 Å². The van der Waals surface area contributed by atoms with Crippen molar-refractivity contribution < 1.29 is 4.79 Å². The molecule has 0 spiro atoms. The molecule has 3 aromatic rings. The van der Waals surface area contributed by atoms with E-state index < -0.39 is 0 Å². The fraction of sp³-hybridized carbons (Fsp3) is 0.286. The van der Waals surface area contributed by atoms with E-state index in [9.17, 15) is 9.59 Å². The normalized spacial score (nSPS) is 10.9. The van der Waals surface area contributed by atoms with Crippen molar-refractivity contribution in [1.29, 1.82) is 0 Å². The number of hydrogen-bond acceptors (Lipinski definition) is 4. The highest BCUT2D eigenvalue weighted by atomic mass is 32.2. The lowest BCUT2D eigenvalue weighted by Gasteiger charge is -2.13. The van der Waals surface area contributed by atoms with Gasteiger partial charge >= 0.3 is 0 Å². The van der Waals surface area contributed by atoms with E-state index in [0.29, 0.717) is 23.2 Å². The predicted molar refractivity (Wildman–Crippen MR) is 110 cm³/mol. The number of para-hydroxylation sites is 1. The van der Waals surface area contributed by atoms with Crippen molar-refractivity contribution in [2.24, 2.45) is 0 Å². The molecule has 140 valence electrons. The molecular formula is C21H23N3O2S. The van der Waals surface area contributed by atoms with Crippen LogP contribution in [-0.4, -0.2) is 34.5 Å². The molecule has 0 aliphatic carbocycles. The first-order valence-corrected chi connectivity index (χ1v) is 9.92. The van der Waals surface area contributed by atoms with E-state index in [1.54, 1.807) is 35.3 Å². The third-order valence-corrected chi connectivity index (χ3v) is 5.30. The summed E-state index contributed by atoms with van der Waals surface area (Å²) in [6, 6.07) is 15.0. The molecule has 0 saturated carbocycles. The van der Waals surface area contributed by atoms with Gasteiger partial charge in [-0.25, -0.2) is 4.98 Å². The first-order chi connectivity index (χ1) is 13.0. The zero-order valence-electron chi connectivity index (χ0n) is 15.8. The van der Waals surface area contributed by atoms with Gasteiger partial charge in [-0.15, -0.1) is 0 Å². The summed E-state index contributed by atoms with van der Waals surface area (Å²) >= 11 is 1.55. The van der Waals surface area contributed by atoms with Crippen LogP contribution in [0.2, 0.25) is 0 Å². The first-order valence-electron chi connectivity index (χ1n) is 8.94. The van der Waals surface area contributed by atoms with Crippen LogP contribution in [0, 0.1) is 0 Å². The monoisotopic (exact) mass is 381 g/mol. The molecule has 0 bridgehead atoms. The number of hydrogen-bond donors (Lipinski definition) is 0. The van der Waals surface area contributed by atoms with Crippen molar-refractivity contribution in [2.45, 2.75) is 30.8 Å². The Balaban J connectivity index is 1.85. The zero-order chi connectivity index (χ0) is 19.4. The predicted octanol–water partition coefficient (Wildman–Crippen LogP) is 3.80. The van der Waals surface area contributed by atoms with Crippen molar-refractivity contribution in [3.63, 3.8) is 0 Å². The quantitative estimate of drug-likeness (QED) is 0.481. The molecule has 5 nitrogen and oxygen atoms in total. The van der Waals surface area contributed by atoms with E-state index in [0.717, 1.165) is 22.7 Å². The maximum absolute atomic E-state index is 12.8. The number of carbonyl (C=O) groups excluding carboxylic acids is 1. The molecule has 6 heteroatoms. The van der Waals surface area contributed by atoms with Crippen LogP contribution in [0.5, 0.6) is 0 Å². The number of amides is 1. The summed E-state index contributed by atoms with van der Waals surface area (Å²) in [5.41, 5.74) is 2.49. The van der Waals surface area contributed by atoms with Crippen molar-refractivity contribution in [3.8, 4) is 0 Å². The third kappa shape index (κ3) is 4.22. The molecule has 0 radical (unpaired) electrons. The van der Waals surface area contributed by atoms with E-state index in [1.165, 1.54) is 0 Å². The van der Waals surface area contributed by atoms with Gasteiger partial charge in [0.1, 0.15) is 0 Å². The second kappa shape index (κ2) is 8.39. The zero-order valence-corrected chi connectivity index (χ0v) is 16.6. The summed E-state index contributed by atoms with van der Waals surface area (Å²) in [6.45, 7) is 2.70. The summed E-state index contributed by atoms with van der Waals surface area (Å²) in [4.78, 5) is 31.1. The van der Waals surface area contributed by atoms with Gasteiger partial charge in [-0.1, -0.05) is 43.0 Å². The Morgan fingerprint density at radius 1 is 1.11 bits per heavy atom. The van der Waals surface area contributed by atoms with Gasteiger partial charge in [0, 0.05) is 32.0 Å².